The van der Waals surface area contributed by atoms with Crippen molar-refractivity contribution < 1.29 is 0 Å². The Hall–Kier alpha value is -0.280. The number of hydrogen-bond acceptors (Lipinski definition) is 2. The van der Waals surface area contributed by atoms with Gasteiger partial charge in [0.15, 0.2) is 0 Å². The molecule has 0 saturated carbocycles. The van der Waals surface area contributed by atoms with Gasteiger partial charge in [-0.2, -0.15) is 0 Å². The molecule has 1 aromatic heterocycles. The van der Waals surface area contributed by atoms with E-state index in [0.29, 0.717) is 16.1 Å². The molecule has 0 spiro atoms. The van der Waals surface area contributed by atoms with Crippen LogP contribution in [-0.2, 0) is 0 Å². The zero-order chi connectivity index (χ0) is 11.1. The fourth-order valence-corrected chi connectivity index (χ4v) is 2.86. The second kappa shape index (κ2) is 5.15. The van der Waals surface area contributed by atoms with Crippen LogP contribution >= 0.6 is 35.6 Å². The van der Waals surface area contributed by atoms with Gasteiger partial charge in [-0.15, -0.1) is 12.4 Å². The number of aromatic nitrogens is 1. The van der Waals surface area contributed by atoms with Crippen LogP contribution in [0.5, 0.6) is 0 Å². The average Bonchev–Trinajstić information content (AvgIpc) is 2.81. The zero-order valence-electron chi connectivity index (χ0n) is 9.12. The number of nitrogens with one attached hydrogen (secondary N) is 1. The largest absolute Gasteiger partial charge is 0.316 e. The number of nitrogens with zero attached hydrogens (tertiary/aromatic N) is 1. The summed E-state index contributed by atoms with van der Waals surface area (Å²) in [7, 11) is 0. The number of halogens is 3. The van der Waals surface area contributed by atoms with Crippen molar-refractivity contribution in [3.05, 3.63) is 34.1 Å². The minimum Gasteiger partial charge on any atom is -0.316 e. The van der Waals surface area contributed by atoms with Gasteiger partial charge in [-0.1, -0.05) is 29.3 Å². The predicted molar refractivity (Wildman–Crippen MR) is 73.9 cm³/mol. The zero-order valence-corrected chi connectivity index (χ0v) is 11.4. The maximum atomic E-state index is 5.98. The molecule has 1 aliphatic carbocycles. The fourth-order valence-electron chi connectivity index (χ4n) is 2.59. The molecular weight excluding hydrogens is 279 g/mol. The van der Waals surface area contributed by atoms with Gasteiger partial charge in [0.05, 0.1) is 5.02 Å². The van der Waals surface area contributed by atoms with E-state index >= 15 is 0 Å². The number of rotatable bonds is 1. The van der Waals surface area contributed by atoms with Gasteiger partial charge in [0.1, 0.15) is 5.15 Å². The maximum Gasteiger partial charge on any atom is 0.147 e. The van der Waals surface area contributed by atoms with Crippen LogP contribution in [0.25, 0.3) is 5.57 Å². The number of hydrogen-bond donors (Lipinski definition) is 1. The molecule has 5 heteroatoms. The lowest BCUT2D eigenvalue weighted by Crippen LogP contribution is -2.09. The number of pyridine rings is 1. The van der Waals surface area contributed by atoms with Gasteiger partial charge < -0.3 is 5.32 Å². The summed E-state index contributed by atoms with van der Waals surface area (Å²) in [6.45, 7) is 2.22. The molecule has 92 valence electrons. The lowest BCUT2D eigenvalue weighted by atomic mass is 9.99. The van der Waals surface area contributed by atoms with E-state index in [1.54, 1.807) is 0 Å². The Morgan fingerprint density at radius 1 is 1.29 bits per heavy atom. The van der Waals surface area contributed by atoms with Gasteiger partial charge in [0.25, 0.3) is 0 Å². The summed E-state index contributed by atoms with van der Waals surface area (Å²) in [5.41, 5.74) is 2.48. The molecule has 2 atom stereocenters. The first-order chi connectivity index (χ1) is 7.74. The van der Waals surface area contributed by atoms with Crippen molar-refractivity contribution >= 4 is 41.2 Å². The molecule has 0 amide bonds. The lowest BCUT2D eigenvalue weighted by Gasteiger charge is -2.06. The molecule has 2 nitrogen and oxygen atoms in total. The molecule has 2 aliphatic rings. The van der Waals surface area contributed by atoms with Gasteiger partial charge in [-0.3, -0.25) is 0 Å². The van der Waals surface area contributed by atoms with Crippen LogP contribution in [0.4, 0.5) is 0 Å². The SMILES string of the molecule is Cl.Clc1cc(C2=CC3CNCC3C2)cnc1Cl. The van der Waals surface area contributed by atoms with Crippen LogP contribution < -0.4 is 5.32 Å². The molecule has 17 heavy (non-hydrogen) atoms. The maximum absolute atomic E-state index is 5.98. The predicted octanol–water partition coefficient (Wildman–Crippen LogP) is 3.43. The van der Waals surface area contributed by atoms with Crippen molar-refractivity contribution in [3.63, 3.8) is 0 Å². The van der Waals surface area contributed by atoms with Gasteiger partial charge >= 0.3 is 0 Å². The molecule has 2 heterocycles. The molecule has 0 aromatic carbocycles. The second-order valence-corrected chi connectivity index (χ2v) is 5.24. The Kier molecular flexibility index (Phi) is 3.99. The standard InChI is InChI=1S/C12H12Cl2N2.ClH/c13-11-3-10(6-16-12(11)14)7-1-8-4-15-5-9(8)2-7;/h1,3,6,8-9,15H,2,4-5H2;1H. The molecule has 1 fully saturated rings. The summed E-state index contributed by atoms with van der Waals surface area (Å²) in [5.74, 6) is 1.44. The third-order valence-corrected chi connectivity index (χ3v) is 4.14. The summed E-state index contributed by atoms with van der Waals surface area (Å²) < 4.78 is 0. The van der Waals surface area contributed by atoms with E-state index < -0.39 is 0 Å². The fraction of sp³-hybridized carbons (Fsp3) is 0.417. The number of allylic oxidation sites excluding steroid dienone is 1. The van der Waals surface area contributed by atoms with E-state index in [2.05, 4.69) is 16.4 Å². The van der Waals surface area contributed by atoms with E-state index in [0.717, 1.165) is 31.0 Å². The Bertz CT molecular complexity index is 459. The van der Waals surface area contributed by atoms with E-state index in [-0.39, 0.29) is 12.4 Å². The topological polar surface area (TPSA) is 24.9 Å². The molecule has 1 N–H and O–H groups in total. The first kappa shape index (κ1) is 13.2. The summed E-state index contributed by atoms with van der Waals surface area (Å²) in [5, 5.41) is 4.33. The van der Waals surface area contributed by atoms with Crippen LogP contribution in [0, 0.1) is 11.8 Å². The van der Waals surface area contributed by atoms with Gasteiger partial charge in [-0.05, 0) is 42.0 Å². The van der Waals surface area contributed by atoms with E-state index in [4.69, 9.17) is 23.2 Å². The average molecular weight is 292 g/mol. The van der Waals surface area contributed by atoms with Crippen LogP contribution in [0.2, 0.25) is 10.2 Å². The second-order valence-electron chi connectivity index (χ2n) is 4.47. The Balaban J connectivity index is 0.00000108. The quantitative estimate of drug-likeness (QED) is 0.802. The third-order valence-electron chi connectivity index (χ3n) is 3.46. The van der Waals surface area contributed by atoms with Crippen molar-refractivity contribution in [3.8, 4) is 0 Å². The van der Waals surface area contributed by atoms with E-state index in [1.807, 2.05) is 12.3 Å². The molecule has 1 saturated heterocycles. The normalized spacial score (nSPS) is 26.4. The van der Waals surface area contributed by atoms with Gasteiger partial charge in [-0.25, -0.2) is 4.98 Å². The van der Waals surface area contributed by atoms with Crippen LogP contribution in [-0.4, -0.2) is 18.1 Å². The molecule has 1 aliphatic heterocycles. The summed E-state index contributed by atoms with van der Waals surface area (Å²) >= 11 is 11.8. The molecule has 1 aromatic rings. The summed E-state index contributed by atoms with van der Waals surface area (Å²) in [6, 6.07) is 1.91. The summed E-state index contributed by atoms with van der Waals surface area (Å²) in [6.07, 6.45) is 5.29. The van der Waals surface area contributed by atoms with Crippen molar-refractivity contribution in [1.82, 2.24) is 10.3 Å². The minimum atomic E-state index is 0. The highest BCUT2D eigenvalue weighted by molar-refractivity contribution is 6.41. The summed E-state index contributed by atoms with van der Waals surface area (Å²) in [4.78, 5) is 4.09. The molecule has 0 bridgehead atoms. The molecule has 2 unspecified atom stereocenters. The highest BCUT2D eigenvalue weighted by Crippen LogP contribution is 2.38. The van der Waals surface area contributed by atoms with Gasteiger partial charge in [0.2, 0.25) is 0 Å². The van der Waals surface area contributed by atoms with Crippen LogP contribution in [0.1, 0.15) is 12.0 Å². The lowest BCUT2D eigenvalue weighted by molar-refractivity contribution is 0.536. The smallest absolute Gasteiger partial charge is 0.147 e. The Morgan fingerprint density at radius 2 is 2.12 bits per heavy atom. The van der Waals surface area contributed by atoms with Crippen molar-refractivity contribution in [1.29, 1.82) is 0 Å². The van der Waals surface area contributed by atoms with E-state index in [1.165, 1.54) is 5.57 Å². The highest BCUT2D eigenvalue weighted by Gasteiger charge is 2.31. The first-order valence-electron chi connectivity index (χ1n) is 5.47. The van der Waals surface area contributed by atoms with Crippen LogP contribution in [0.15, 0.2) is 18.3 Å². The highest BCUT2D eigenvalue weighted by atomic mass is 35.5. The van der Waals surface area contributed by atoms with Crippen LogP contribution in [0.3, 0.4) is 0 Å². The first-order valence-corrected chi connectivity index (χ1v) is 6.22. The molecule has 3 rings (SSSR count). The Morgan fingerprint density at radius 3 is 2.82 bits per heavy atom. The monoisotopic (exact) mass is 290 g/mol. The minimum absolute atomic E-state index is 0. The molecule has 0 radical (unpaired) electrons. The Labute approximate surface area is 117 Å². The van der Waals surface area contributed by atoms with E-state index in [9.17, 15) is 0 Å². The van der Waals surface area contributed by atoms with Crippen molar-refractivity contribution in [2.45, 2.75) is 6.42 Å². The molecular formula is C12H13Cl3N2. The van der Waals surface area contributed by atoms with Crippen molar-refractivity contribution in [2.24, 2.45) is 11.8 Å². The number of fused-ring (bicyclic) bond motifs is 1. The third kappa shape index (κ3) is 2.45. The van der Waals surface area contributed by atoms with Gasteiger partial charge in [0, 0.05) is 12.7 Å². The van der Waals surface area contributed by atoms with Crippen molar-refractivity contribution in [2.75, 3.05) is 13.1 Å².